The molecule has 3 heterocycles. The van der Waals surface area contributed by atoms with Gasteiger partial charge in [-0.05, 0) is 107 Å². The van der Waals surface area contributed by atoms with Gasteiger partial charge >= 0.3 is 13.0 Å². The Labute approximate surface area is 410 Å². The Balaban J connectivity index is 1.70. The van der Waals surface area contributed by atoms with Gasteiger partial charge in [-0.15, -0.1) is 0 Å². The van der Waals surface area contributed by atoms with Gasteiger partial charge in [0.05, 0.1) is 23.6 Å². The first-order valence-electron chi connectivity index (χ1n) is 24.7. The Morgan fingerprint density at radius 1 is 0.897 bits per heavy atom. The Morgan fingerprint density at radius 2 is 1.62 bits per heavy atom. The predicted octanol–water partition coefficient (Wildman–Crippen LogP) is 8.29. The number of rotatable bonds is 8. The van der Waals surface area contributed by atoms with Crippen molar-refractivity contribution in [3.63, 3.8) is 0 Å². The molecule has 4 aliphatic rings. The Morgan fingerprint density at radius 3 is 2.28 bits per heavy atom. The van der Waals surface area contributed by atoms with Crippen LogP contribution in [0, 0.1) is 35.5 Å². The predicted molar refractivity (Wildman–Crippen MR) is 264 cm³/mol. The maximum Gasteiger partial charge on any atom is 0.407 e. The molecule has 1 saturated carbocycles. The third-order valence-corrected chi connectivity index (χ3v) is 17.5. The Kier molecular flexibility index (Phi) is 23.0. The number of nitrogens with zero attached hydrogens (tertiary/aromatic N) is 1. The molecule has 3 fully saturated rings. The van der Waals surface area contributed by atoms with Gasteiger partial charge in [0.15, 0.2) is 5.78 Å². The molecule has 0 aromatic rings. The third-order valence-electron chi connectivity index (χ3n) is 14.7. The van der Waals surface area contributed by atoms with Crippen LogP contribution < -0.4 is 0 Å². The summed E-state index contributed by atoms with van der Waals surface area (Å²) >= 11 is 1.44. The van der Waals surface area contributed by atoms with Crippen LogP contribution in [0.25, 0.3) is 0 Å². The summed E-state index contributed by atoms with van der Waals surface area (Å²) in [4.78, 5) is 72.2. The smallest absolute Gasteiger partial charge is 0.407 e. The zero-order valence-corrected chi connectivity index (χ0v) is 44.1. The molecule has 3 aliphatic heterocycles. The molecule has 14 nitrogen and oxygen atoms in total. The molecule has 0 radical (unpaired) electrons. The van der Waals surface area contributed by atoms with Gasteiger partial charge in [0.1, 0.15) is 48.2 Å². The quantitative estimate of drug-likeness (QED) is 0.102. The SMILES string of the molecule is CO[C@H]1C[C@@H]2CC[C@@H](C)[C@@](O)(O2)C(=O)C(=O)N2CCCC[C@H]2C(=O)OC([C@H](C)CC2CCC(S[P+](C)=O)[C@H](OC)C2)CC(=O)[C@H](C)/C=C(\C)[C@@H](O)[C@@H](OC)C(=O)[C@H](C)C[C@H](C)/C=C/C=C/C=C/1C. The van der Waals surface area contributed by atoms with Gasteiger partial charge in [0.25, 0.3) is 11.7 Å². The van der Waals surface area contributed by atoms with E-state index in [4.69, 9.17) is 23.7 Å². The maximum atomic E-state index is 14.5. The number of methoxy groups -OCH3 is 3. The first-order chi connectivity index (χ1) is 32.1. The second-order valence-corrected chi connectivity index (χ2v) is 24.0. The fourth-order valence-corrected chi connectivity index (χ4v) is 13.3. The van der Waals surface area contributed by atoms with Crippen molar-refractivity contribution in [2.75, 3.05) is 34.5 Å². The van der Waals surface area contributed by atoms with E-state index in [1.54, 1.807) is 47.7 Å². The van der Waals surface area contributed by atoms with Crippen molar-refractivity contribution in [3.05, 3.63) is 47.6 Å². The van der Waals surface area contributed by atoms with Gasteiger partial charge in [-0.1, -0.05) is 75.6 Å². The molecule has 4 rings (SSSR count). The number of carbonyl (C=O) groups is 5. The van der Waals surface area contributed by atoms with E-state index in [9.17, 15) is 38.8 Å². The Hall–Kier alpha value is -2.88. The van der Waals surface area contributed by atoms with Crippen molar-refractivity contribution in [2.45, 2.75) is 179 Å². The maximum absolute atomic E-state index is 14.5. The van der Waals surface area contributed by atoms with E-state index in [1.807, 2.05) is 58.1 Å². The number of esters is 1. The van der Waals surface area contributed by atoms with Crippen molar-refractivity contribution in [2.24, 2.45) is 35.5 Å². The van der Waals surface area contributed by atoms with E-state index < -0.39 is 84.8 Å². The lowest BCUT2D eigenvalue weighted by Gasteiger charge is -2.42. The molecule has 2 bridgehead atoms. The average molecular weight is 991 g/mol. The molecular formula is C52H81NO13PS+. The van der Waals surface area contributed by atoms with Crippen molar-refractivity contribution in [3.8, 4) is 0 Å². The molecule has 2 saturated heterocycles. The number of allylic oxidation sites excluding steroid dienone is 6. The summed E-state index contributed by atoms with van der Waals surface area (Å²) in [6, 6.07) is -1.14. The van der Waals surface area contributed by atoms with Crippen molar-refractivity contribution < 1.29 is 62.4 Å². The van der Waals surface area contributed by atoms with E-state index in [1.165, 1.54) is 23.4 Å². The average Bonchev–Trinajstić information content (AvgIpc) is 3.30. The molecule has 16 heteroatoms. The summed E-state index contributed by atoms with van der Waals surface area (Å²) in [5.74, 6) is -7.90. The first-order valence-corrected chi connectivity index (χ1v) is 27.9. The zero-order chi connectivity index (χ0) is 50.5. The van der Waals surface area contributed by atoms with Gasteiger partial charge in [0, 0.05) is 58.5 Å². The zero-order valence-electron chi connectivity index (χ0n) is 42.4. The highest BCUT2D eigenvalue weighted by Crippen LogP contribution is 2.46. The van der Waals surface area contributed by atoms with E-state index in [0.717, 1.165) is 18.4 Å². The number of ether oxygens (including phenoxy) is 5. The number of amides is 1. The monoisotopic (exact) mass is 991 g/mol. The number of fused-ring (bicyclic) bond motifs is 3. The minimum absolute atomic E-state index is 0.0171. The summed E-state index contributed by atoms with van der Waals surface area (Å²) < 4.78 is 41.9. The lowest BCUT2D eigenvalue weighted by atomic mass is 9.79. The third kappa shape index (κ3) is 15.6. The lowest BCUT2D eigenvalue weighted by molar-refractivity contribution is -0.265. The van der Waals surface area contributed by atoms with Gasteiger partial charge in [-0.2, -0.15) is 0 Å². The molecule has 68 heavy (non-hydrogen) atoms. The highest BCUT2D eigenvalue weighted by Gasteiger charge is 2.53. The first kappa shape index (κ1) is 57.7. The molecule has 1 amide bonds. The number of hydrogen-bond donors (Lipinski definition) is 2. The Bertz CT molecular complexity index is 1890. The van der Waals surface area contributed by atoms with Crippen LogP contribution in [0.5, 0.6) is 0 Å². The van der Waals surface area contributed by atoms with Crippen LogP contribution in [0.2, 0.25) is 0 Å². The van der Waals surface area contributed by atoms with Crippen LogP contribution in [0.1, 0.15) is 126 Å². The summed E-state index contributed by atoms with van der Waals surface area (Å²) in [6.45, 7) is 14.5. The number of aliphatic hydroxyl groups is 2. The molecule has 0 aromatic heterocycles. The second-order valence-electron chi connectivity index (χ2n) is 20.1. The fraction of sp³-hybridized carbons (Fsp3) is 0.750. The molecule has 4 unspecified atom stereocenters. The molecule has 382 valence electrons. The van der Waals surface area contributed by atoms with Gasteiger partial charge in [-0.3, -0.25) is 19.2 Å². The van der Waals surface area contributed by atoms with E-state index in [2.05, 4.69) is 0 Å². The normalized spacial score (nSPS) is 39.4. The van der Waals surface area contributed by atoms with Gasteiger partial charge in [0.2, 0.25) is 5.79 Å². The van der Waals surface area contributed by atoms with Crippen LogP contribution in [0.4, 0.5) is 0 Å². The summed E-state index contributed by atoms with van der Waals surface area (Å²) in [5, 5.41) is 23.5. The molecule has 0 aromatic carbocycles. The fourth-order valence-electron chi connectivity index (χ4n) is 10.4. The minimum atomic E-state index is -2.43. The minimum Gasteiger partial charge on any atom is -0.460 e. The second kappa shape index (κ2) is 27.1. The number of hydrogen-bond acceptors (Lipinski definition) is 14. The lowest BCUT2D eigenvalue weighted by Crippen LogP contribution is -2.61. The summed E-state index contributed by atoms with van der Waals surface area (Å²) in [6.07, 6.45) is 12.5. The van der Waals surface area contributed by atoms with Gasteiger partial charge in [-0.25, -0.2) is 4.79 Å². The molecular weight excluding hydrogens is 910 g/mol. The highest BCUT2D eigenvalue weighted by atomic mass is 32.7. The molecule has 0 spiro atoms. The van der Waals surface area contributed by atoms with Crippen LogP contribution in [0.3, 0.4) is 0 Å². The van der Waals surface area contributed by atoms with Crippen molar-refractivity contribution in [1.82, 2.24) is 4.90 Å². The van der Waals surface area contributed by atoms with Gasteiger partial charge < -0.3 is 38.8 Å². The summed E-state index contributed by atoms with van der Waals surface area (Å²) in [5.41, 5.74) is 1.27. The van der Waals surface area contributed by atoms with Crippen LogP contribution in [-0.2, 0) is 52.2 Å². The summed E-state index contributed by atoms with van der Waals surface area (Å²) in [7, 11) is 3.20. The number of ketones is 3. The highest BCUT2D eigenvalue weighted by molar-refractivity contribution is 8.51. The molecule has 2 N–H and O–H groups in total. The van der Waals surface area contributed by atoms with Crippen molar-refractivity contribution in [1.29, 1.82) is 0 Å². The molecule has 16 atom stereocenters. The van der Waals surface area contributed by atoms with E-state index >= 15 is 0 Å². The van der Waals surface area contributed by atoms with E-state index in [0.29, 0.717) is 56.9 Å². The van der Waals surface area contributed by atoms with Crippen LogP contribution in [0.15, 0.2) is 47.6 Å². The largest absolute Gasteiger partial charge is 0.460 e. The number of Topliss-reactive ketones (excluding diaryl/α,β-unsaturated/α-hetero) is 3. The number of piperidine rings is 1. The van der Waals surface area contributed by atoms with Crippen molar-refractivity contribution >= 4 is 47.6 Å². The number of cyclic esters (lactones) is 1. The number of carbonyl (C=O) groups excluding carboxylic acids is 5. The topological polar surface area (TPSA) is 192 Å². The van der Waals surface area contributed by atoms with Crippen LogP contribution in [-0.4, -0.2) is 133 Å². The van der Waals surface area contributed by atoms with Crippen LogP contribution >= 0.6 is 18.4 Å². The number of aliphatic hydroxyl groups excluding tert-OH is 1. The molecule has 1 aliphatic carbocycles. The van der Waals surface area contributed by atoms with E-state index in [-0.39, 0.29) is 60.1 Å². The standard InChI is InChI=1S/C52H81NO13PS/c1-31-17-13-12-14-18-32(2)42(62-8)29-39-22-20-37(7)52(60,66-39)49(57)50(58)53-24-16-15-19-40(53)51(59)65-43(34(4)27-38-21-23-45(68-67(11)61)44(28-38)63-9)30-41(54)33(3)26-36(6)47(56)48(64-10)46(55)35(5)25-31/h12-14,17-18,26,31,33-35,37-40,42-45,47-48,56,60H,15-16,19-25,27-30H2,1-11H3/q+1/b14-12+,17-13+,32-18+,36-26+/t31-,33-,34-,35-,37-,38?,39+,40+,42+,43?,44-,45?,47-,48+,52-/m1/s1.